The molecule has 0 saturated heterocycles. The summed E-state index contributed by atoms with van der Waals surface area (Å²) in [6.07, 6.45) is 0. The maximum Gasteiger partial charge on any atom is 0.228 e. The average Bonchev–Trinajstić information content (AvgIpc) is 2.24. The van der Waals surface area contributed by atoms with Crippen LogP contribution in [0.15, 0.2) is 18.2 Å². The lowest BCUT2D eigenvalue weighted by molar-refractivity contribution is -0.119. The topological polar surface area (TPSA) is 41.1 Å². The number of carbonyl (C=O) groups is 1. The third-order valence-electron chi connectivity index (χ3n) is 2.40. The molecular weight excluding hydrogens is 351 g/mol. The maximum atomic E-state index is 11.7. The zero-order valence-corrected chi connectivity index (χ0v) is 13.2. The molecule has 0 heterocycles. The minimum absolute atomic E-state index is 0. The minimum Gasteiger partial charge on any atom is -0.326 e. The third kappa shape index (κ3) is 5.23. The highest BCUT2D eigenvalue weighted by Gasteiger charge is 2.11. The van der Waals surface area contributed by atoms with Crippen molar-refractivity contribution in [3.05, 3.63) is 27.3 Å². The van der Waals surface area contributed by atoms with Gasteiger partial charge in [0.2, 0.25) is 5.91 Å². The van der Waals surface area contributed by atoms with Crippen molar-refractivity contribution in [1.29, 1.82) is 0 Å². The largest absolute Gasteiger partial charge is 0.326 e. The lowest BCUT2D eigenvalue weighted by atomic mass is 10.1. The molecular formula is C12H18ClIN2O. The van der Waals surface area contributed by atoms with Gasteiger partial charge in [-0.1, -0.05) is 13.0 Å². The molecule has 1 aromatic carbocycles. The first kappa shape index (κ1) is 16.7. The molecule has 0 spiro atoms. The van der Waals surface area contributed by atoms with E-state index in [1.54, 1.807) is 0 Å². The molecule has 0 fully saturated rings. The van der Waals surface area contributed by atoms with Crippen LogP contribution in [0, 0.1) is 16.4 Å². The van der Waals surface area contributed by atoms with Gasteiger partial charge in [-0.3, -0.25) is 4.79 Å². The van der Waals surface area contributed by atoms with E-state index in [-0.39, 0.29) is 24.2 Å². The van der Waals surface area contributed by atoms with Gasteiger partial charge in [0.1, 0.15) is 0 Å². The molecule has 1 aromatic rings. The van der Waals surface area contributed by atoms with Gasteiger partial charge >= 0.3 is 0 Å². The van der Waals surface area contributed by atoms with E-state index in [0.717, 1.165) is 9.26 Å². The average molecular weight is 369 g/mol. The molecule has 0 aliphatic rings. The van der Waals surface area contributed by atoms with Crippen molar-refractivity contribution in [1.82, 2.24) is 5.32 Å². The van der Waals surface area contributed by atoms with Crippen LogP contribution in [0.2, 0.25) is 0 Å². The first-order valence-corrected chi connectivity index (χ1v) is 6.34. The fourth-order valence-corrected chi connectivity index (χ4v) is 1.85. The molecule has 2 N–H and O–H groups in total. The van der Waals surface area contributed by atoms with E-state index in [4.69, 9.17) is 0 Å². The Hall–Kier alpha value is -0.330. The Kier molecular flexibility index (Phi) is 7.74. The van der Waals surface area contributed by atoms with E-state index in [1.165, 1.54) is 5.56 Å². The van der Waals surface area contributed by atoms with Gasteiger partial charge < -0.3 is 10.6 Å². The van der Waals surface area contributed by atoms with E-state index in [9.17, 15) is 4.79 Å². The third-order valence-corrected chi connectivity index (χ3v) is 3.56. The lowest BCUT2D eigenvalue weighted by Crippen LogP contribution is -2.28. The second kappa shape index (κ2) is 7.89. The van der Waals surface area contributed by atoms with E-state index in [1.807, 2.05) is 32.2 Å². The number of carbonyl (C=O) groups excluding carboxylic acids is 1. The number of aryl methyl sites for hydroxylation is 1. The smallest absolute Gasteiger partial charge is 0.228 e. The highest BCUT2D eigenvalue weighted by molar-refractivity contribution is 14.1. The van der Waals surface area contributed by atoms with Crippen molar-refractivity contribution in [3.8, 4) is 0 Å². The number of halogens is 2. The molecule has 0 aliphatic carbocycles. The van der Waals surface area contributed by atoms with Crippen molar-refractivity contribution in [3.63, 3.8) is 0 Å². The molecule has 1 unspecified atom stereocenters. The SMILES string of the molecule is CNCC(C)C(=O)Nc1ccc(C)c(I)c1.Cl. The second-order valence-corrected chi connectivity index (χ2v) is 5.07. The number of rotatable bonds is 4. The van der Waals surface area contributed by atoms with Crippen LogP contribution in [-0.4, -0.2) is 19.5 Å². The van der Waals surface area contributed by atoms with E-state index >= 15 is 0 Å². The van der Waals surface area contributed by atoms with Gasteiger partial charge in [0.15, 0.2) is 0 Å². The first-order valence-electron chi connectivity index (χ1n) is 5.26. The molecule has 1 rings (SSSR count). The second-order valence-electron chi connectivity index (χ2n) is 3.91. The molecule has 0 radical (unpaired) electrons. The van der Waals surface area contributed by atoms with Crippen LogP contribution in [-0.2, 0) is 4.79 Å². The number of benzene rings is 1. The minimum atomic E-state index is -0.0241. The van der Waals surface area contributed by atoms with Crippen LogP contribution in [0.4, 0.5) is 5.69 Å². The highest BCUT2D eigenvalue weighted by atomic mass is 127. The van der Waals surface area contributed by atoms with E-state index in [2.05, 4.69) is 40.1 Å². The fourth-order valence-electron chi connectivity index (χ4n) is 1.33. The summed E-state index contributed by atoms with van der Waals surface area (Å²) in [7, 11) is 1.85. The summed E-state index contributed by atoms with van der Waals surface area (Å²) >= 11 is 2.27. The van der Waals surface area contributed by atoms with Gasteiger partial charge in [0.25, 0.3) is 0 Å². The predicted octanol–water partition coefficient (Wildman–Crippen LogP) is 2.82. The Morgan fingerprint density at radius 2 is 2.12 bits per heavy atom. The number of nitrogens with one attached hydrogen (secondary N) is 2. The fraction of sp³-hybridized carbons (Fsp3) is 0.417. The Morgan fingerprint density at radius 1 is 1.47 bits per heavy atom. The van der Waals surface area contributed by atoms with E-state index in [0.29, 0.717) is 6.54 Å². The van der Waals surface area contributed by atoms with Crippen LogP contribution < -0.4 is 10.6 Å². The van der Waals surface area contributed by atoms with Crippen molar-refractivity contribution in [2.24, 2.45) is 5.92 Å². The molecule has 17 heavy (non-hydrogen) atoms. The Balaban J connectivity index is 0.00000256. The summed E-state index contributed by atoms with van der Waals surface area (Å²) in [4.78, 5) is 11.7. The number of amides is 1. The quantitative estimate of drug-likeness (QED) is 0.803. The van der Waals surface area contributed by atoms with Gasteiger partial charge in [0.05, 0.1) is 0 Å². The number of hydrogen-bond acceptors (Lipinski definition) is 2. The molecule has 0 bridgehead atoms. The Labute approximate surface area is 122 Å². The van der Waals surface area contributed by atoms with E-state index < -0.39 is 0 Å². The first-order chi connectivity index (χ1) is 7.54. The van der Waals surface area contributed by atoms with Crippen LogP contribution in [0.3, 0.4) is 0 Å². The summed E-state index contributed by atoms with van der Waals surface area (Å²) < 4.78 is 1.16. The molecule has 96 valence electrons. The molecule has 1 amide bonds. The van der Waals surface area contributed by atoms with Crippen LogP contribution in [0.1, 0.15) is 12.5 Å². The number of anilines is 1. The normalized spacial score (nSPS) is 11.5. The van der Waals surface area contributed by atoms with Gasteiger partial charge in [-0.15, -0.1) is 12.4 Å². The van der Waals surface area contributed by atoms with Gasteiger partial charge in [0, 0.05) is 21.7 Å². The molecule has 1 atom stereocenters. The molecule has 0 saturated carbocycles. The zero-order chi connectivity index (χ0) is 12.1. The highest BCUT2D eigenvalue weighted by Crippen LogP contribution is 2.17. The van der Waals surface area contributed by atoms with Gasteiger partial charge in [-0.25, -0.2) is 0 Å². The monoisotopic (exact) mass is 368 g/mol. The van der Waals surface area contributed by atoms with Gasteiger partial charge in [-0.05, 0) is 54.3 Å². The van der Waals surface area contributed by atoms with Crippen molar-refractivity contribution < 1.29 is 4.79 Å². The van der Waals surface area contributed by atoms with Crippen LogP contribution in [0.25, 0.3) is 0 Å². The molecule has 0 aliphatic heterocycles. The summed E-state index contributed by atoms with van der Waals surface area (Å²) in [5.41, 5.74) is 2.09. The summed E-state index contributed by atoms with van der Waals surface area (Å²) in [5, 5.41) is 5.90. The predicted molar refractivity (Wildman–Crippen MR) is 82.9 cm³/mol. The van der Waals surface area contributed by atoms with Gasteiger partial charge in [-0.2, -0.15) is 0 Å². The Morgan fingerprint density at radius 3 is 2.65 bits per heavy atom. The van der Waals surface area contributed by atoms with Crippen molar-refractivity contribution >= 4 is 46.6 Å². The Bertz CT molecular complexity index is 385. The summed E-state index contributed by atoms with van der Waals surface area (Å²) in [6.45, 7) is 4.65. The standard InChI is InChI=1S/C12H17IN2O.ClH/c1-8-4-5-10(6-11(8)13)15-12(16)9(2)7-14-3;/h4-6,9,14H,7H2,1-3H3,(H,15,16);1H. The zero-order valence-electron chi connectivity index (χ0n) is 10.2. The summed E-state index contributed by atoms with van der Waals surface area (Å²) in [5.74, 6) is 0.0259. The van der Waals surface area contributed by atoms with Crippen molar-refractivity contribution in [2.75, 3.05) is 18.9 Å². The molecule has 0 aromatic heterocycles. The summed E-state index contributed by atoms with van der Waals surface area (Å²) in [6, 6.07) is 5.93. The molecule has 5 heteroatoms. The van der Waals surface area contributed by atoms with Crippen LogP contribution >= 0.6 is 35.0 Å². The number of hydrogen-bond donors (Lipinski definition) is 2. The maximum absolute atomic E-state index is 11.7. The van der Waals surface area contributed by atoms with Crippen molar-refractivity contribution in [2.45, 2.75) is 13.8 Å². The lowest BCUT2D eigenvalue weighted by Gasteiger charge is -2.12. The van der Waals surface area contributed by atoms with Crippen LogP contribution in [0.5, 0.6) is 0 Å². The molecule has 3 nitrogen and oxygen atoms in total.